The van der Waals surface area contributed by atoms with Gasteiger partial charge in [0.1, 0.15) is 5.04 Å². The van der Waals surface area contributed by atoms with Gasteiger partial charge in [-0.1, -0.05) is 34.5 Å². The van der Waals surface area contributed by atoms with Crippen molar-refractivity contribution in [3.63, 3.8) is 0 Å². The third-order valence-electron chi connectivity index (χ3n) is 4.56. The van der Waals surface area contributed by atoms with Crippen molar-refractivity contribution in [2.75, 3.05) is 25.2 Å². The first kappa shape index (κ1) is 19.9. The molecule has 2 aliphatic heterocycles. The Balaban J connectivity index is 1.76. The van der Waals surface area contributed by atoms with Gasteiger partial charge in [-0.3, -0.25) is 9.59 Å². The van der Waals surface area contributed by atoms with Crippen LogP contribution in [0.5, 0.6) is 0 Å². The molecule has 1 unspecified atom stereocenters. The number of urea groups is 1. The van der Waals surface area contributed by atoms with Gasteiger partial charge in [0.25, 0.3) is 5.84 Å². The summed E-state index contributed by atoms with van der Waals surface area (Å²) in [5.74, 6) is -0.468. The maximum atomic E-state index is 12.6. The second kappa shape index (κ2) is 7.67. The summed E-state index contributed by atoms with van der Waals surface area (Å²) in [5.41, 5.74) is 2.86. The van der Waals surface area contributed by atoms with Gasteiger partial charge in [0.15, 0.2) is 5.92 Å². The van der Waals surface area contributed by atoms with E-state index in [1.54, 1.807) is 14.0 Å². The second-order valence-corrected chi connectivity index (χ2v) is 7.79. The summed E-state index contributed by atoms with van der Waals surface area (Å²) >= 11 is 1.18. The van der Waals surface area contributed by atoms with E-state index in [-0.39, 0.29) is 11.7 Å². The molecule has 0 saturated heterocycles. The lowest BCUT2D eigenvalue weighted by Crippen LogP contribution is -2.54. The summed E-state index contributed by atoms with van der Waals surface area (Å²) in [6, 6.07) is 5.37. The Morgan fingerprint density at radius 1 is 1.25 bits per heavy atom. The van der Waals surface area contributed by atoms with E-state index in [0.717, 1.165) is 21.7 Å². The zero-order valence-corrected chi connectivity index (χ0v) is 17.3. The summed E-state index contributed by atoms with van der Waals surface area (Å²) < 4.78 is 1.35. The number of hydrogen-bond donors (Lipinski definition) is 1. The lowest BCUT2D eigenvalue weighted by atomic mass is 10.1. The molecule has 3 rings (SSSR count). The van der Waals surface area contributed by atoms with E-state index >= 15 is 0 Å². The Bertz CT molecular complexity index is 980. The van der Waals surface area contributed by atoms with E-state index in [1.807, 2.05) is 32.0 Å². The van der Waals surface area contributed by atoms with Crippen LogP contribution in [-0.2, 0) is 9.59 Å². The standard InChI is InChI=1S/C19H21N5O3S/c1-10-6-7-13(11(2)8-10)22-14(25)9-28-17-15-16(20-12(3)21-17)23(4)19(27)24(5)18(15)26/h6-8,15H,9H2,1-5H3/p+1. The first-order valence-electron chi connectivity index (χ1n) is 8.75. The second-order valence-electron chi connectivity index (χ2n) is 6.79. The first-order chi connectivity index (χ1) is 13.2. The van der Waals surface area contributed by atoms with Crippen molar-refractivity contribution in [1.82, 2.24) is 4.90 Å². The third kappa shape index (κ3) is 3.75. The minimum Gasteiger partial charge on any atom is -0.325 e. The van der Waals surface area contributed by atoms with Gasteiger partial charge in [0.2, 0.25) is 11.7 Å². The number of fused-ring (bicyclic) bond motifs is 1. The largest absolute Gasteiger partial charge is 0.445 e. The van der Waals surface area contributed by atoms with Gasteiger partial charge >= 0.3 is 11.9 Å². The van der Waals surface area contributed by atoms with E-state index in [1.165, 1.54) is 23.4 Å². The molecule has 8 nitrogen and oxygen atoms in total. The van der Waals surface area contributed by atoms with Gasteiger partial charge in [-0.15, -0.1) is 0 Å². The number of benzene rings is 1. The summed E-state index contributed by atoms with van der Waals surface area (Å²) in [7, 11) is 3.00. The Morgan fingerprint density at radius 2 is 1.96 bits per heavy atom. The SMILES string of the molecule is CC1=NC2=[N+](C)C(=O)N(C)C(=O)C2C(SCC(=O)Nc2ccc(C)cc2C)=N1. The predicted octanol–water partition coefficient (Wildman–Crippen LogP) is 2.05. The van der Waals surface area contributed by atoms with E-state index in [4.69, 9.17) is 0 Å². The average Bonchev–Trinajstić information content (AvgIpc) is 2.64. The molecule has 146 valence electrons. The van der Waals surface area contributed by atoms with Crippen LogP contribution in [0.3, 0.4) is 0 Å². The van der Waals surface area contributed by atoms with Crippen molar-refractivity contribution in [2.24, 2.45) is 15.9 Å². The van der Waals surface area contributed by atoms with Crippen LogP contribution in [0.15, 0.2) is 28.2 Å². The molecule has 0 saturated carbocycles. The molecule has 4 amide bonds. The molecular weight excluding hydrogens is 378 g/mol. The van der Waals surface area contributed by atoms with Crippen LogP contribution in [0, 0.1) is 19.8 Å². The summed E-state index contributed by atoms with van der Waals surface area (Å²) in [6.07, 6.45) is 0. The topological polar surface area (TPSA) is 94.2 Å². The minimum absolute atomic E-state index is 0.0951. The molecule has 1 atom stereocenters. The van der Waals surface area contributed by atoms with Gasteiger partial charge in [-0.05, 0) is 25.5 Å². The molecule has 9 heteroatoms. The fourth-order valence-corrected chi connectivity index (χ4v) is 4.00. The Hall–Kier alpha value is -2.81. The third-order valence-corrected chi connectivity index (χ3v) is 5.58. The molecule has 2 aliphatic rings. The fraction of sp³-hybridized carbons (Fsp3) is 0.368. The highest BCUT2D eigenvalue weighted by Gasteiger charge is 2.48. The number of anilines is 1. The number of imide groups is 1. The Kier molecular flexibility index (Phi) is 5.46. The first-order valence-corrected chi connectivity index (χ1v) is 9.73. The average molecular weight is 400 g/mol. The van der Waals surface area contributed by atoms with Gasteiger partial charge in [-0.25, -0.2) is 9.79 Å². The fourth-order valence-electron chi connectivity index (χ4n) is 3.08. The molecule has 1 aromatic rings. The highest BCUT2D eigenvalue weighted by atomic mass is 32.2. The Morgan fingerprint density at radius 3 is 2.64 bits per heavy atom. The Labute approximate surface area is 167 Å². The zero-order chi connectivity index (χ0) is 20.6. The molecule has 0 bridgehead atoms. The number of nitrogens with zero attached hydrogens (tertiary/aromatic N) is 4. The molecule has 1 N–H and O–H groups in total. The maximum absolute atomic E-state index is 12.6. The van der Waals surface area contributed by atoms with Gasteiger partial charge in [0, 0.05) is 12.6 Å². The van der Waals surface area contributed by atoms with Crippen LogP contribution in [0.2, 0.25) is 0 Å². The van der Waals surface area contributed by atoms with Gasteiger partial charge in [-0.2, -0.15) is 9.48 Å². The number of amidine groups is 2. The smallest absolute Gasteiger partial charge is 0.325 e. The van der Waals surface area contributed by atoms with Crippen LogP contribution in [-0.4, -0.2) is 63.9 Å². The number of nitrogens with one attached hydrogen (secondary N) is 1. The summed E-state index contributed by atoms with van der Waals surface area (Å²) in [6.45, 7) is 5.62. The summed E-state index contributed by atoms with van der Waals surface area (Å²) in [5, 5.41) is 3.35. The molecule has 1 aromatic carbocycles. The number of hydrogen-bond acceptors (Lipinski definition) is 6. The van der Waals surface area contributed by atoms with Crippen molar-refractivity contribution in [2.45, 2.75) is 20.8 Å². The molecule has 0 spiro atoms. The number of thioether (sulfide) groups is 1. The van der Waals surface area contributed by atoms with E-state index < -0.39 is 17.9 Å². The number of rotatable bonds is 3. The van der Waals surface area contributed by atoms with Crippen LogP contribution in [0.25, 0.3) is 0 Å². The lowest BCUT2D eigenvalue weighted by Gasteiger charge is -2.26. The maximum Gasteiger partial charge on any atom is 0.445 e. The molecule has 0 radical (unpaired) electrons. The quantitative estimate of drug-likeness (QED) is 0.786. The van der Waals surface area contributed by atoms with Crippen LogP contribution in [0.1, 0.15) is 18.1 Å². The highest BCUT2D eigenvalue weighted by molar-refractivity contribution is 8.14. The zero-order valence-electron chi connectivity index (χ0n) is 16.4. The summed E-state index contributed by atoms with van der Waals surface area (Å²) in [4.78, 5) is 46.9. The van der Waals surface area contributed by atoms with E-state index in [0.29, 0.717) is 16.7 Å². The van der Waals surface area contributed by atoms with E-state index in [9.17, 15) is 14.4 Å². The number of carbonyl (C=O) groups excluding carboxylic acids is 3. The van der Waals surface area contributed by atoms with E-state index in [2.05, 4.69) is 15.3 Å². The number of aryl methyl sites for hydroxylation is 2. The number of aliphatic imine (C=N–C) groups is 2. The number of carbonyl (C=O) groups is 3. The molecule has 0 aromatic heterocycles. The van der Waals surface area contributed by atoms with Crippen LogP contribution in [0.4, 0.5) is 10.5 Å². The predicted molar refractivity (Wildman–Crippen MR) is 110 cm³/mol. The normalized spacial score (nSPS) is 19.3. The number of amides is 4. The highest BCUT2D eigenvalue weighted by Crippen LogP contribution is 2.25. The van der Waals surface area contributed by atoms with Crippen molar-refractivity contribution >= 4 is 52.0 Å². The van der Waals surface area contributed by atoms with Crippen molar-refractivity contribution in [3.8, 4) is 0 Å². The van der Waals surface area contributed by atoms with Gasteiger partial charge in [0.05, 0.1) is 19.8 Å². The lowest BCUT2D eigenvalue weighted by molar-refractivity contribution is -0.407. The molecular formula is C19H22N5O3S+. The van der Waals surface area contributed by atoms with Crippen LogP contribution >= 0.6 is 11.8 Å². The van der Waals surface area contributed by atoms with Crippen LogP contribution < -0.4 is 5.32 Å². The van der Waals surface area contributed by atoms with Crippen molar-refractivity contribution < 1.29 is 19.0 Å². The van der Waals surface area contributed by atoms with Crippen molar-refractivity contribution in [3.05, 3.63) is 29.3 Å². The molecule has 28 heavy (non-hydrogen) atoms. The molecule has 0 fully saturated rings. The molecule has 2 heterocycles. The van der Waals surface area contributed by atoms with Crippen molar-refractivity contribution in [1.29, 1.82) is 0 Å². The molecule has 0 aliphatic carbocycles. The monoisotopic (exact) mass is 400 g/mol. The minimum atomic E-state index is -0.768. The van der Waals surface area contributed by atoms with Gasteiger partial charge < -0.3 is 5.32 Å².